The molecule has 2 amide bonds. The van der Waals surface area contributed by atoms with Crippen molar-refractivity contribution in [1.29, 1.82) is 0 Å². The molecule has 1 aliphatic heterocycles. The van der Waals surface area contributed by atoms with Gasteiger partial charge in [0.2, 0.25) is 11.8 Å². The monoisotopic (exact) mass is 262 g/mol. The van der Waals surface area contributed by atoms with E-state index in [-0.39, 0.29) is 11.8 Å². The Hall–Kier alpha value is -2.04. The van der Waals surface area contributed by atoms with Crippen molar-refractivity contribution >= 4 is 17.5 Å². The summed E-state index contributed by atoms with van der Waals surface area (Å²) in [6.45, 7) is 4.34. The van der Waals surface area contributed by atoms with Gasteiger partial charge in [-0.2, -0.15) is 0 Å². The van der Waals surface area contributed by atoms with E-state index < -0.39 is 6.04 Å². The molecule has 0 unspecified atom stereocenters. The zero-order valence-corrected chi connectivity index (χ0v) is 11.4. The normalized spacial score (nSPS) is 19.5. The van der Waals surface area contributed by atoms with Crippen LogP contribution in [0.1, 0.15) is 13.8 Å². The largest absolute Gasteiger partial charge is 0.497 e. The maximum absolute atomic E-state index is 12.3. The summed E-state index contributed by atoms with van der Waals surface area (Å²) in [5, 5.41) is 0. The molecule has 1 fully saturated rings. The fourth-order valence-corrected chi connectivity index (χ4v) is 2.32. The Kier molecular flexibility index (Phi) is 3.74. The van der Waals surface area contributed by atoms with Crippen LogP contribution in [-0.4, -0.2) is 43.0 Å². The maximum atomic E-state index is 12.3. The van der Waals surface area contributed by atoms with Crippen LogP contribution in [0.5, 0.6) is 5.75 Å². The third-order valence-electron chi connectivity index (χ3n) is 3.44. The van der Waals surface area contributed by atoms with Crippen molar-refractivity contribution in [3.63, 3.8) is 0 Å². The van der Waals surface area contributed by atoms with E-state index in [1.54, 1.807) is 23.8 Å². The van der Waals surface area contributed by atoms with Crippen molar-refractivity contribution in [2.24, 2.45) is 0 Å². The van der Waals surface area contributed by atoms with Crippen LogP contribution < -0.4 is 9.64 Å². The lowest BCUT2D eigenvalue weighted by Gasteiger charge is -2.38. The Labute approximate surface area is 112 Å². The van der Waals surface area contributed by atoms with Crippen LogP contribution in [0.2, 0.25) is 0 Å². The lowest BCUT2D eigenvalue weighted by atomic mass is 10.1. The van der Waals surface area contributed by atoms with E-state index in [9.17, 15) is 9.59 Å². The van der Waals surface area contributed by atoms with Crippen LogP contribution in [0, 0.1) is 0 Å². The summed E-state index contributed by atoms with van der Waals surface area (Å²) in [6, 6.07) is 6.95. The van der Waals surface area contributed by atoms with E-state index in [2.05, 4.69) is 0 Å². The van der Waals surface area contributed by atoms with Crippen molar-refractivity contribution in [2.45, 2.75) is 19.9 Å². The molecule has 102 valence electrons. The smallest absolute Gasteiger partial charge is 0.249 e. The highest BCUT2D eigenvalue weighted by Gasteiger charge is 2.33. The molecule has 0 spiro atoms. The first kappa shape index (κ1) is 13.4. The third-order valence-corrected chi connectivity index (χ3v) is 3.44. The summed E-state index contributed by atoms with van der Waals surface area (Å²) in [5.41, 5.74) is 0.834. The molecule has 2 rings (SSSR count). The molecule has 0 saturated carbocycles. The molecular weight excluding hydrogens is 244 g/mol. The number of ether oxygens (including phenoxy) is 1. The second kappa shape index (κ2) is 5.30. The Bertz CT molecular complexity index is 484. The molecule has 1 atom stereocenters. The minimum atomic E-state index is -0.409. The number of nitrogens with zero attached hydrogens (tertiary/aromatic N) is 2. The van der Waals surface area contributed by atoms with E-state index in [4.69, 9.17) is 4.74 Å². The number of hydrogen-bond acceptors (Lipinski definition) is 3. The first-order valence-electron chi connectivity index (χ1n) is 6.27. The van der Waals surface area contributed by atoms with Crippen LogP contribution in [0.15, 0.2) is 24.3 Å². The SMILES string of the molecule is COc1ccc(N2CCN(C(C)=O)[C@@H](C)C2=O)cc1. The number of hydrogen-bond donors (Lipinski definition) is 0. The number of benzene rings is 1. The average molecular weight is 262 g/mol. The molecule has 1 heterocycles. The van der Waals surface area contributed by atoms with E-state index >= 15 is 0 Å². The summed E-state index contributed by atoms with van der Waals surface area (Å²) in [5.74, 6) is 0.647. The Balaban J connectivity index is 2.18. The number of carbonyl (C=O) groups is 2. The summed E-state index contributed by atoms with van der Waals surface area (Å²) < 4.78 is 5.10. The standard InChI is InChI=1S/C14H18N2O3/c1-10-14(18)16(9-8-15(10)11(2)17)12-4-6-13(19-3)7-5-12/h4-7,10H,8-9H2,1-3H3/t10-/m0/s1. The molecule has 1 aliphatic rings. The molecule has 0 radical (unpaired) electrons. The van der Waals surface area contributed by atoms with Gasteiger partial charge in [0.15, 0.2) is 0 Å². The predicted octanol–water partition coefficient (Wildman–Crippen LogP) is 1.28. The first-order valence-corrected chi connectivity index (χ1v) is 6.27. The molecular formula is C14H18N2O3. The Morgan fingerprint density at radius 3 is 2.42 bits per heavy atom. The maximum Gasteiger partial charge on any atom is 0.249 e. The topological polar surface area (TPSA) is 49.9 Å². The van der Waals surface area contributed by atoms with Gasteiger partial charge in [-0.1, -0.05) is 0 Å². The number of amides is 2. The highest BCUT2D eigenvalue weighted by atomic mass is 16.5. The Morgan fingerprint density at radius 2 is 1.89 bits per heavy atom. The quantitative estimate of drug-likeness (QED) is 0.806. The number of anilines is 1. The van der Waals surface area contributed by atoms with Gasteiger partial charge in [0.25, 0.3) is 0 Å². The highest BCUT2D eigenvalue weighted by Crippen LogP contribution is 2.23. The van der Waals surface area contributed by atoms with Gasteiger partial charge in [-0.3, -0.25) is 9.59 Å². The summed E-state index contributed by atoms with van der Waals surface area (Å²) in [6.07, 6.45) is 0. The predicted molar refractivity (Wildman–Crippen MR) is 72.2 cm³/mol. The molecule has 1 aromatic rings. The first-order chi connectivity index (χ1) is 9.04. The zero-order valence-electron chi connectivity index (χ0n) is 11.4. The second-order valence-corrected chi connectivity index (χ2v) is 4.58. The van der Waals surface area contributed by atoms with E-state index in [0.29, 0.717) is 13.1 Å². The zero-order chi connectivity index (χ0) is 14.0. The summed E-state index contributed by atoms with van der Waals surface area (Å²) in [7, 11) is 1.61. The van der Waals surface area contributed by atoms with Gasteiger partial charge in [-0.25, -0.2) is 0 Å². The summed E-state index contributed by atoms with van der Waals surface area (Å²) >= 11 is 0. The molecule has 0 N–H and O–H groups in total. The van der Waals surface area contributed by atoms with Gasteiger partial charge in [0.05, 0.1) is 7.11 Å². The number of methoxy groups -OCH3 is 1. The minimum absolute atomic E-state index is 0.0494. The van der Waals surface area contributed by atoms with E-state index in [1.807, 2.05) is 24.3 Å². The molecule has 0 bridgehead atoms. The van der Waals surface area contributed by atoms with E-state index in [0.717, 1.165) is 11.4 Å². The van der Waals surface area contributed by atoms with Crippen LogP contribution in [0.3, 0.4) is 0 Å². The number of carbonyl (C=O) groups excluding carboxylic acids is 2. The van der Waals surface area contributed by atoms with Crippen molar-refractivity contribution in [3.8, 4) is 5.75 Å². The van der Waals surface area contributed by atoms with E-state index in [1.165, 1.54) is 6.92 Å². The van der Waals surface area contributed by atoms with Crippen LogP contribution in [-0.2, 0) is 9.59 Å². The van der Waals surface area contributed by atoms with Gasteiger partial charge >= 0.3 is 0 Å². The van der Waals surface area contributed by atoms with Crippen molar-refractivity contribution in [2.75, 3.05) is 25.1 Å². The fraction of sp³-hybridized carbons (Fsp3) is 0.429. The third kappa shape index (κ3) is 2.54. The van der Waals surface area contributed by atoms with Gasteiger partial charge in [0.1, 0.15) is 11.8 Å². The summed E-state index contributed by atoms with van der Waals surface area (Å²) in [4.78, 5) is 27.0. The van der Waals surface area contributed by atoms with Gasteiger partial charge in [-0.05, 0) is 31.2 Å². The molecule has 5 nitrogen and oxygen atoms in total. The van der Waals surface area contributed by atoms with Crippen molar-refractivity contribution in [3.05, 3.63) is 24.3 Å². The lowest BCUT2D eigenvalue weighted by Crippen LogP contribution is -2.57. The van der Waals surface area contributed by atoms with Gasteiger partial charge < -0.3 is 14.5 Å². The van der Waals surface area contributed by atoms with Crippen LogP contribution >= 0.6 is 0 Å². The van der Waals surface area contributed by atoms with Gasteiger partial charge in [-0.15, -0.1) is 0 Å². The van der Waals surface area contributed by atoms with Crippen molar-refractivity contribution in [1.82, 2.24) is 4.90 Å². The molecule has 0 aromatic heterocycles. The molecule has 0 aliphatic carbocycles. The molecule has 5 heteroatoms. The minimum Gasteiger partial charge on any atom is -0.497 e. The lowest BCUT2D eigenvalue weighted by molar-refractivity contribution is -0.139. The molecule has 1 aromatic carbocycles. The number of piperazine rings is 1. The molecule has 19 heavy (non-hydrogen) atoms. The second-order valence-electron chi connectivity index (χ2n) is 4.58. The Morgan fingerprint density at radius 1 is 1.26 bits per heavy atom. The molecule has 1 saturated heterocycles. The highest BCUT2D eigenvalue weighted by molar-refractivity contribution is 5.99. The van der Waals surface area contributed by atoms with Crippen molar-refractivity contribution < 1.29 is 14.3 Å². The van der Waals surface area contributed by atoms with Crippen LogP contribution in [0.4, 0.5) is 5.69 Å². The van der Waals surface area contributed by atoms with Crippen LogP contribution in [0.25, 0.3) is 0 Å². The number of rotatable bonds is 2. The fourth-order valence-electron chi connectivity index (χ4n) is 2.32. The van der Waals surface area contributed by atoms with Gasteiger partial charge in [0, 0.05) is 25.7 Å². The average Bonchev–Trinajstić information content (AvgIpc) is 2.41.